The maximum absolute atomic E-state index is 10.7. The second-order valence-electron chi connectivity index (χ2n) is 3.86. The smallest absolute Gasteiger partial charge is 0.220 e. The lowest BCUT2D eigenvalue weighted by atomic mass is 10.1. The van der Waals surface area contributed by atoms with Crippen LogP contribution in [0.1, 0.15) is 10.4 Å². The molecule has 0 radical (unpaired) electrons. The van der Waals surface area contributed by atoms with E-state index in [0.29, 0.717) is 17.6 Å². The topological polar surface area (TPSA) is 89.9 Å². The Morgan fingerprint density at radius 1 is 1.10 bits per heavy atom. The van der Waals surface area contributed by atoms with E-state index in [2.05, 4.69) is 4.74 Å². The molecule has 1 aromatic rings. The molecule has 2 rings (SSSR count). The van der Waals surface area contributed by atoms with Crippen LogP contribution in [-0.2, 0) is 14.3 Å². The highest BCUT2D eigenvalue weighted by Crippen LogP contribution is 2.25. The predicted molar refractivity (Wildman–Crippen MR) is 74.3 cm³/mol. The van der Waals surface area contributed by atoms with Crippen LogP contribution in [0, 0.1) is 0 Å². The van der Waals surface area contributed by atoms with Gasteiger partial charge < -0.3 is 14.6 Å². The van der Waals surface area contributed by atoms with Gasteiger partial charge in [-0.05, 0) is 30.4 Å². The van der Waals surface area contributed by atoms with Crippen molar-refractivity contribution in [2.75, 3.05) is 14.2 Å². The lowest BCUT2D eigenvalue weighted by molar-refractivity contribution is -0.116. The number of methoxy groups -OCH3 is 2. The lowest BCUT2D eigenvalue weighted by Crippen LogP contribution is -2.08. The molecule has 0 bridgehead atoms. The van der Waals surface area contributed by atoms with E-state index in [1.165, 1.54) is 50.6 Å². The van der Waals surface area contributed by atoms with Gasteiger partial charge in [0.2, 0.25) is 5.78 Å². The van der Waals surface area contributed by atoms with E-state index in [-0.39, 0.29) is 23.1 Å². The van der Waals surface area contributed by atoms with Gasteiger partial charge in [0.25, 0.3) is 0 Å². The molecule has 0 heterocycles. The Labute approximate surface area is 121 Å². The van der Waals surface area contributed by atoms with E-state index >= 15 is 0 Å². The molecule has 0 aromatic heterocycles. The fraction of sp³-hybridized carbons (Fsp3) is 0.133. The number of carbonyl (C=O) groups excluding carboxylic acids is 3. The number of phenols is 1. The van der Waals surface area contributed by atoms with E-state index in [9.17, 15) is 14.4 Å². The third-order valence-electron chi connectivity index (χ3n) is 2.47. The molecule has 0 amide bonds. The van der Waals surface area contributed by atoms with Gasteiger partial charge in [0, 0.05) is 11.6 Å². The normalized spacial score (nSPS) is 13.0. The van der Waals surface area contributed by atoms with Crippen molar-refractivity contribution in [1.82, 2.24) is 0 Å². The number of rotatable bonds is 3. The standard InChI is InChI=1S/C8H8O3.C7H6O3/c1-11-8-4-6(5-9)2-3-7(8)10;1-10-7-4-5(8)2-3-6(7)9/h2-5,10H,1H3;2-4H,1H3. The molecule has 6 heteroatoms. The van der Waals surface area contributed by atoms with Gasteiger partial charge in [-0.3, -0.25) is 14.4 Å². The van der Waals surface area contributed by atoms with Crippen LogP contribution >= 0.6 is 0 Å². The number of benzene rings is 1. The average Bonchev–Trinajstić information content (AvgIpc) is 2.51. The lowest BCUT2D eigenvalue weighted by Gasteiger charge is -2.02. The summed E-state index contributed by atoms with van der Waals surface area (Å²) < 4.78 is 9.39. The molecule has 0 unspecified atom stereocenters. The second kappa shape index (κ2) is 7.64. The maximum Gasteiger partial charge on any atom is 0.220 e. The summed E-state index contributed by atoms with van der Waals surface area (Å²) >= 11 is 0. The zero-order valence-corrected chi connectivity index (χ0v) is 11.5. The molecule has 6 nitrogen and oxygen atoms in total. The predicted octanol–water partition coefficient (Wildman–Crippen LogP) is 1.44. The largest absolute Gasteiger partial charge is 0.504 e. The van der Waals surface area contributed by atoms with Crippen molar-refractivity contribution in [3.63, 3.8) is 0 Å². The molecule has 1 N–H and O–H groups in total. The molecule has 0 spiro atoms. The Balaban J connectivity index is 0.000000211. The van der Waals surface area contributed by atoms with Gasteiger partial charge in [-0.25, -0.2) is 0 Å². The summed E-state index contributed by atoms with van der Waals surface area (Å²) in [6.45, 7) is 0. The summed E-state index contributed by atoms with van der Waals surface area (Å²) in [6.07, 6.45) is 4.27. The number of ketones is 2. The Morgan fingerprint density at radius 2 is 1.81 bits per heavy atom. The van der Waals surface area contributed by atoms with E-state index in [1.54, 1.807) is 0 Å². The Morgan fingerprint density at radius 3 is 2.33 bits per heavy atom. The molecular formula is C15H14O6. The Bertz CT molecular complexity index is 613. The number of hydrogen-bond donors (Lipinski definition) is 1. The molecule has 21 heavy (non-hydrogen) atoms. The van der Waals surface area contributed by atoms with Crippen LogP contribution in [0.5, 0.6) is 11.5 Å². The summed E-state index contributed by atoms with van der Waals surface area (Å²) in [5, 5.41) is 9.09. The van der Waals surface area contributed by atoms with Gasteiger partial charge in [0.05, 0.1) is 14.2 Å². The number of hydrogen-bond acceptors (Lipinski definition) is 6. The first kappa shape index (κ1) is 16.2. The first-order valence-electron chi connectivity index (χ1n) is 5.86. The monoisotopic (exact) mass is 290 g/mol. The van der Waals surface area contributed by atoms with Gasteiger partial charge in [0.15, 0.2) is 23.0 Å². The molecule has 0 saturated carbocycles. The minimum absolute atomic E-state index is 0.0399. The second-order valence-corrected chi connectivity index (χ2v) is 3.86. The minimum atomic E-state index is -0.262. The zero-order chi connectivity index (χ0) is 15.8. The number of phenolic OH excluding ortho intramolecular Hbond substituents is 1. The molecule has 1 aliphatic carbocycles. The number of aldehydes is 1. The van der Waals surface area contributed by atoms with Crippen LogP contribution in [0.25, 0.3) is 0 Å². The van der Waals surface area contributed by atoms with Gasteiger partial charge in [-0.15, -0.1) is 0 Å². The van der Waals surface area contributed by atoms with E-state index in [4.69, 9.17) is 9.84 Å². The molecule has 0 saturated heterocycles. The van der Waals surface area contributed by atoms with Crippen LogP contribution in [0.15, 0.2) is 42.2 Å². The van der Waals surface area contributed by atoms with Gasteiger partial charge in [-0.2, -0.15) is 0 Å². The molecular weight excluding hydrogens is 276 g/mol. The van der Waals surface area contributed by atoms with Crippen molar-refractivity contribution >= 4 is 17.9 Å². The number of allylic oxidation sites excluding steroid dienone is 3. The third-order valence-corrected chi connectivity index (χ3v) is 2.47. The molecule has 0 atom stereocenters. The van der Waals surface area contributed by atoms with Crippen LogP contribution in [0.3, 0.4) is 0 Å². The summed E-state index contributed by atoms with van der Waals surface area (Å²) in [4.78, 5) is 31.6. The molecule has 0 fully saturated rings. The van der Waals surface area contributed by atoms with Gasteiger partial charge in [-0.1, -0.05) is 0 Å². The van der Waals surface area contributed by atoms with Crippen LogP contribution < -0.4 is 4.74 Å². The number of aromatic hydroxyl groups is 1. The van der Waals surface area contributed by atoms with Crippen LogP contribution in [0.4, 0.5) is 0 Å². The zero-order valence-electron chi connectivity index (χ0n) is 11.5. The van der Waals surface area contributed by atoms with Crippen LogP contribution in [-0.4, -0.2) is 37.2 Å². The average molecular weight is 290 g/mol. The van der Waals surface area contributed by atoms with E-state index in [0.717, 1.165) is 0 Å². The molecule has 110 valence electrons. The number of ether oxygens (including phenoxy) is 2. The van der Waals surface area contributed by atoms with Gasteiger partial charge in [0.1, 0.15) is 6.29 Å². The maximum atomic E-state index is 10.7. The fourth-order valence-electron chi connectivity index (χ4n) is 1.42. The summed E-state index contributed by atoms with van der Waals surface area (Å²) in [6, 6.07) is 4.41. The SMILES string of the molecule is COC1=CC(=O)C=CC1=O.COc1cc(C=O)ccc1O. The Hall–Kier alpha value is -2.89. The van der Waals surface area contributed by atoms with Crippen molar-refractivity contribution in [3.8, 4) is 11.5 Å². The summed E-state index contributed by atoms with van der Waals surface area (Å²) in [5.41, 5.74) is 0.486. The summed E-state index contributed by atoms with van der Waals surface area (Å²) in [7, 11) is 2.79. The summed E-state index contributed by atoms with van der Waals surface area (Å²) in [5.74, 6) is -0.0150. The molecule has 0 aliphatic heterocycles. The highest BCUT2D eigenvalue weighted by atomic mass is 16.5. The first-order chi connectivity index (χ1) is 10.0. The van der Waals surface area contributed by atoms with Gasteiger partial charge >= 0.3 is 0 Å². The van der Waals surface area contributed by atoms with Crippen LogP contribution in [0.2, 0.25) is 0 Å². The highest BCUT2D eigenvalue weighted by molar-refractivity contribution is 6.16. The Kier molecular flexibility index (Phi) is 5.88. The van der Waals surface area contributed by atoms with Crippen molar-refractivity contribution in [2.45, 2.75) is 0 Å². The molecule has 1 aromatic carbocycles. The number of carbonyl (C=O) groups is 3. The van der Waals surface area contributed by atoms with Crippen molar-refractivity contribution in [3.05, 3.63) is 47.7 Å². The first-order valence-corrected chi connectivity index (χ1v) is 5.86. The van der Waals surface area contributed by atoms with Crippen molar-refractivity contribution in [2.24, 2.45) is 0 Å². The van der Waals surface area contributed by atoms with E-state index < -0.39 is 0 Å². The molecule has 1 aliphatic rings. The van der Waals surface area contributed by atoms with Crippen molar-refractivity contribution in [1.29, 1.82) is 0 Å². The van der Waals surface area contributed by atoms with E-state index in [1.807, 2.05) is 0 Å². The third kappa shape index (κ3) is 4.61. The van der Waals surface area contributed by atoms with Crippen molar-refractivity contribution < 1.29 is 29.0 Å². The minimum Gasteiger partial charge on any atom is -0.504 e. The fourth-order valence-corrected chi connectivity index (χ4v) is 1.42. The highest BCUT2D eigenvalue weighted by Gasteiger charge is 2.12. The quantitative estimate of drug-likeness (QED) is 0.669.